The van der Waals surface area contributed by atoms with Crippen molar-refractivity contribution in [2.24, 2.45) is 0 Å². The van der Waals surface area contributed by atoms with Gasteiger partial charge in [0, 0.05) is 44.3 Å². The van der Waals surface area contributed by atoms with E-state index in [9.17, 15) is 5.11 Å². The Morgan fingerprint density at radius 1 is 0.889 bits per heavy atom. The average Bonchev–Trinajstić information content (AvgIpc) is 2.64. The average molecular weight is 432 g/mol. The summed E-state index contributed by atoms with van der Waals surface area (Å²) >= 11 is 5.93. The van der Waals surface area contributed by atoms with E-state index < -0.39 is 6.10 Å². The summed E-state index contributed by atoms with van der Waals surface area (Å²) in [5.41, 5.74) is 1.29. The second-order valence-electron chi connectivity index (χ2n) is 6.48. The number of aliphatic hydroxyl groups excluding tert-OH is 1. The first-order valence-electron chi connectivity index (χ1n) is 8.74. The second kappa shape index (κ2) is 12.4. The molecule has 27 heavy (non-hydrogen) atoms. The van der Waals surface area contributed by atoms with Gasteiger partial charge in [0.2, 0.25) is 0 Å². The van der Waals surface area contributed by atoms with E-state index >= 15 is 0 Å². The van der Waals surface area contributed by atoms with Gasteiger partial charge in [-0.15, -0.1) is 0 Å². The van der Waals surface area contributed by atoms with E-state index in [2.05, 4.69) is 21.9 Å². The van der Waals surface area contributed by atoms with E-state index in [0.717, 1.165) is 43.5 Å². The monoisotopic (exact) mass is 430 g/mol. The molecule has 0 spiro atoms. The van der Waals surface area contributed by atoms with Crippen LogP contribution in [0.2, 0.25) is 5.02 Å². The van der Waals surface area contributed by atoms with Crippen LogP contribution in [0.15, 0.2) is 54.6 Å². The van der Waals surface area contributed by atoms with E-state index in [1.807, 2.05) is 42.5 Å². The number of β-amino-alcohol motifs (C(OH)–C–C–N with tert-alkyl or cyclic N) is 1. The third-order valence-corrected chi connectivity index (χ3v) is 4.69. The molecule has 0 bridgehead atoms. The maximum absolute atomic E-state index is 10.2. The normalized spacial score (nSPS) is 16.1. The number of rotatable bonds is 7. The maximum Gasteiger partial charge on any atom is 0.119 e. The van der Waals surface area contributed by atoms with Gasteiger partial charge in [0.05, 0.1) is 0 Å². The molecular formula is C20H25Cl3N2O2-2. The highest BCUT2D eigenvalue weighted by atomic mass is 35.5. The van der Waals surface area contributed by atoms with E-state index in [1.165, 1.54) is 5.56 Å². The van der Waals surface area contributed by atoms with E-state index in [1.54, 1.807) is 0 Å². The molecule has 1 aliphatic rings. The van der Waals surface area contributed by atoms with Crippen LogP contribution in [0.3, 0.4) is 0 Å². The van der Waals surface area contributed by atoms with Gasteiger partial charge in [0.25, 0.3) is 0 Å². The molecule has 1 heterocycles. The quantitative estimate of drug-likeness (QED) is 0.504. The van der Waals surface area contributed by atoms with Crippen molar-refractivity contribution in [3.05, 3.63) is 65.2 Å². The molecule has 0 aliphatic carbocycles. The van der Waals surface area contributed by atoms with Crippen molar-refractivity contribution in [3.8, 4) is 5.75 Å². The lowest BCUT2D eigenvalue weighted by atomic mass is 10.2. The third kappa shape index (κ3) is 8.26. The minimum atomic E-state index is -0.469. The summed E-state index contributed by atoms with van der Waals surface area (Å²) in [6.07, 6.45) is -0.469. The summed E-state index contributed by atoms with van der Waals surface area (Å²) in [5.74, 6) is 0.800. The van der Waals surface area contributed by atoms with Crippen LogP contribution < -0.4 is 29.6 Å². The minimum Gasteiger partial charge on any atom is -1.00 e. The van der Waals surface area contributed by atoms with Gasteiger partial charge in [-0.2, -0.15) is 0 Å². The summed E-state index contributed by atoms with van der Waals surface area (Å²) < 4.78 is 5.62. The molecule has 0 amide bonds. The minimum absolute atomic E-state index is 0. The molecule has 4 nitrogen and oxygen atoms in total. The highest BCUT2D eigenvalue weighted by Gasteiger charge is 2.19. The van der Waals surface area contributed by atoms with E-state index in [4.69, 9.17) is 16.3 Å². The number of hydrogen-bond acceptors (Lipinski definition) is 4. The number of halogens is 3. The molecule has 2 aromatic carbocycles. The molecule has 0 saturated carbocycles. The molecule has 0 aromatic heterocycles. The lowest BCUT2D eigenvalue weighted by Gasteiger charge is -2.35. The van der Waals surface area contributed by atoms with Crippen molar-refractivity contribution in [3.63, 3.8) is 0 Å². The Hall–Kier alpha value is -1.01. The van der Waals surface area contributed by atoms with Gasteiger partial charge >= 0.3 is 0 Å². The van der Waals surface area contributed by atoms with Crippen molar-refractivity contribution in [1.29, 1.82) is 0 Å². The maximum atomic E-state index is 10.2. The van der Waals surface area contributed by atoms with Crippen LogP contribution in [0.25, 0.3) is 0 Å². The number of nitrogens with zero attached hydrogens (tertiary/aromatic N) is 2. The number of para-hydroxylation sites is 1. The van der Waals surface area contributed by atoms with Gasteiger partial charge in [-0.3, -0.25) is 9.80 Å². The molecule has 2 aromatic rings. The molecule has 1 unspecified atom stereocenters. The summed E-state index contributed by atoms with van der Waals surface area (Å²) in [6, 6.07) is 17.7. The molecule has 3 rings (SSSR count). The molecule has 1 aliphatic heterocycles. The third-order valence-electron chi connectivity index (χ3n) is 4.44. The summed E-state index contributed by atoms with van der Waals surface area (Å²) in [6.45, 7) is 5.89. The molecular weight excluding hydrogens is 407 g/mol. The Morgan fingerprint density at radius 3 is 2.11 bits per heavy atom. The highest BCUT2D eigenvalue weighted by Crippen LogP contribution is 2.13. The number of benzene rings is 2. The summed E-state index contributed by atoms with van der Waals surface area (Å²) in [5, 5.41) is 11.0. The molecule has 1 saturated heterocycles. The molecule has 0 radical (unpaired) electrons. The zero-order chi connectivity index (χ0) is 17.5. The predicted molar refractivity (Wildman–Crippen MR) is 101 cm³/mol. The van der Waals surface area contributed by atoms with Gasteiger partial charge in [0.1, 0.15) is 18.5 Å². The molecule has 7 heteroatoms. The van der Waals surface area contributed by atoms with Crippen molar-refractivity contribution in [2.75, 3.05) is 39.3 Å². The Labute approximate surface area is 178 Å². The lowest BCUT2D eigenvalue weighted by Crippen LogP contribution is -3.00. The van der Waals surface area contributed by atoms with Crippen molar-refractivity contribution < 1.29 is 34.7 Å². The van der Waals surface area contributed by atoms with Crippen LogP contribution in [-0.2, 0) is 6.54 Å². The smallest absolute Gasteiger partial charge is 0.119 e. The Balaban J connectivity index is 0.00000182. The largest absolute Gasteiger partial charge is 1.00 e. The van der Waals surface area contributed by atoms with Crippen molar-refractivity contribution in [1.82, 2.24) is 9.80 Å². The fraction of sp³-hybridized carbons (Fsp3) is 0.400. The molecule has 1 atom stereocenters. The Kier molecular flexibility index (Phi) is 11.1. The number of aliphatic hydroxyl groups is 1. The number of piperazine rings is 1. The van der Waals surface area contributed by atoms with E-state index in [-0.39, 0.29) is 24.8 Å². The zero-order valence-electron chi connectivity index (χ0n) is 15.1. The van der Waals surface area contributed by atoms with Gasteiger partial charge in [-0.05, 0) is 29.8 Å². The van der Waals surface area contributed by atoms with Gasteiger partial charge in [0.15, 0.2) is 0 Å². The van der Waals surface area contributed by atoms with Gasteiger partial charge in [-0.25, -0.2) is 0 Å². The molecule has 1 N–H and O–H groups in total. The molecule has 1 fully saturated rings. The van der Waals surface area contributed by atoms with Crippen LogP contribution >= 0.6 is 11.6 Å². The van der Waals surface area contributed by atoms with Crippen molar-refractivity contribution >= 4 is 11.6 Å². The summed E-state index contributed by atoms with van der Waals surface area (Å²) in [7, 11) is 0. The SMILES string of the molecule is OC(COc1ccccc1)CN1CCN(Cc2ccc(Cl)cc2)CC1.[Cl-].[Cl-]. The fourth-order valence-corrected chi connectivity index (χ4v) is 3.16. The van der Waals surface area contributed by atoms with Crippen molar-refractivity contribution in [2.45, 2.75) is 12.6 Å². The highest BCUT2D eigenvalue weighted by molar-refractivity contribution is 6.30. The van der Waals surface area contributed by atoms with Crippen LogP contribution in [0.5, 0.6) is 5.75 Å². The predicted octanol–water partition coefficient (Wildman–Crippen LogP) is -3.09. The number of hydrogen-bond donors (Lipinski definition) is 1. The van der Waals surface area contributed by atoms with Crippen LogP contribution in [0.4, 0.5) is 0 Å². The van der Waals surface area contributed by atoms with Crippen LogP contribution in [0, 0.1) is 0 Å². The summed E-state index contributed by atoms with van der Waals surface area (Å²) in [4.78, 5) is 4.74. The van der Waals surface area contributed by atoms with Gasteiger partial charge < -0.3 is 34.7 Å². The standard InChI is InChI=1S/C20H25ClN2O2.2ClH/c21-18-8-6-17(7-9-18)14-22-10-12-23(13-11-22)15-19(24)16-25-20-4-2-1-3-5-20;;/h1-9,19,24H,10-16H2;2*1H/p-2. The first-order chi connectivity index (χ1) is 12.2. The fourth-order valence-electron chi connectivity index (χ4n) is 3.04. The van der Waals surface area contributed by atoms with Crippen LogP contribution in [0.1, 0.15) is 5.56 Å². The number of ether oxygens (including phenoxy) is 1. The van der Waals surface area contributed by atoms with Gasteiger partial charge in [-0.1, -0.05) is 41.9 Å². The Morgan fingerprint density at radius 2 is 1.48 bits per heavy atom. The zero-order valence-corrected chi connectivity index (χ0v) is 17.4. The first-order valence-corrected chi connectivity index (χ1v) is 9.12. The van der Waals surface area contributed by atoms with Crippen LogP contribution in [-0.4, -0.2) is 60.3 Å². The topological polar surface area (TPSA) is 35.9 Å². The lowest BCUT2D eigenvalue weighted by molar-refractivity contribution is -0.00100. The first kappa shape index (κ1) is 24.0. The Bertz CT molecular complexity index is 635. The molecule has 150 valence electrons. The van der Waals surface area contributed by atoms with E-state index in [0.29, 0.717) is 13.2 Å². The second-order valence-corrected chi connectivity index (χ2v) is 6.92.